The third-order valence-electron chi connectivity index (χ3n) is 5.08. The van der Waals surface area contributed by atoms with Crippen molar-refractivity contribution < 1.29 is 19.2 Å². The van der Waals surface area contributed by atoms with Crippen LogP contribution in [0.15, 0.2) is 48.5 Å². The molecular weight excluding hydrogens is 358 g/mol. The van der Waals surface area contributed by atoms with Crippen LogP contribution in [0.3, 0.4) is 0 Å². The van der Waals surface area contributed by atoms with Crippen LogP contribution in [0.1, 0.15) is 33.2 Å². The van der Waals surface area contributed by atoms with Crippen LogP contribution in [0, 0.1) is 0 Å². The van der Waals surface area contributed by atoms with Gasteiger partial charge in [0.25, 0.3) is 11.8 Å². The average Bonchev–Trinajstić information content (AvgIpc) is 3.23. The van der Waals surface area contributed by atoms with E-state index >= 15 is 0 Å². The van der Waals surface area contributed by atoms with Crippen molar-refractivity contribution in [2.45, 2.75) is 19.4 Å². The molecule has 142 valence electrons. The van der Waals surface area contributed by atoms with Crippen LogP contribution in [0.5, 0.6) is 0 Å². The third-order valence-corrected chi connectivity index (χ3v) is 5.08. The lowest BCUT2D eigenvalue weighted by Gasteiger charge is -2.23. The number of carbonyl (C=O) groups excluding carboxylic acids is 4. The first-order chi connectivity index (χ1) is 13.5. The van der Waals surface area contributed by atoms with Crippen LogP contribution in [0.4, 0.5) is 5.69 Å². The summed E-state index contributed by atoms with van der Waals surface area (Å²) in [5.41, 5.74) is 2.53. The van der Waals surface area contributed by atoms with Crippen molar-refractivity contribution in [1.29, 1.82) is 0 Å². The Morgan fingerprint density at radius 1 is 1.00 bits per heavy atom. The summed E-state index contributed by atoms with van der Waals surface area (Å²) in [6.45, 7) is 1.75. The highest BCUT2D eigenvalue weighted by Gasteiger charge is 2.37. The molecular formula is C21H19N3O4. The van der Waals surface area contributed by atoms with Crippen LogP contribution in [0.2, 0.25) is 0 Å². The Bertz CT molecular complexity index is 966. The van der Waals surface area contributed by atoms with Crippen molar-refractivity contribution in [3.8, 4) is 0 Å². The fraction of sp³-hybridized carbons (Fsp3) is 0.238. The molecule has 28 heavy (non-hydrogen) atoms. The largest absolute Gasteiger partial charge is 0.343 e. The van der Waals surface area contributed by atoms with E-state index in [2.05, 4.69) is 5.32 Å². The molecule has 4 rings (SSSR count). The maximum atomic E-state index is 12.8. The van der Waals surface area contributed by atoms with E-state index in [9.17, 15) is 19.2 Å². The molecule has 1 N–H and O–H groups in total. The van der Waals surface area contributed by atoms with E-state index in [1.54, 1.807) is 36.1 Å². The summed E-state index contributed by atoms with van der Waals surface area (Å²) in [6, 6.07) is 13.4. The monoisotopic (exact) mass is 377 g/mol. The second-order valence-corrected chi connectivity index (χ2v) is 6.90. The lowest BCUT2D eigenvalue weighted by atomic mass is 10.1. The number of hydrogen-bond acceptors (Lipinski definition) is 4. The van der Waals surface area contributed by atoms with Gasteiger partial charge in [0.05, 0.1) is 11.1 Å². The molecule has 0 unspecified atom stereocenters. The van der Waals surface area contributed by atoms with Crippen LogP contribution in [0.25, 0.3) is 0 Å². The molecule has 7 nitrogen and oxygen atoms in total. The molecule has 0 radical (unpaired) electrons. The van der Waals surface area contributed by atoms with Gasteiger partial charge in [-0.2, -0.15) is 0 Å². The maximum Gasteiger partial charge on any atom is 0.262 e. The van der Waals surface area contributed by atoms with Crippen molar-refractivity contribution in [3.63, 3.8) is 0 Å². The highest BCUT2D eigenvalue weighted by atomic mass is 16.2. The quantitative estimate of drug-likeness (QED) is 0.816. The molecule has 0 fully saturated rings. The standard InChI is InChI=1S/C21H19N3O4/c1-13(19(26)23-11-10-14-6-2-5-9-17(14)23)22-18(25)12-24-20(27)15-7-3-4-8-16(15)21(24)28/h2-9,13H,10-12H2,1H3,(H,22,25)/t13-/m1/s1. The van der Waals surface area contributed by atoms with Gasteiger partial charge in [-0.1, -0.05) is 30.3 Å². The molecule has 0 aliphatic carbocycles. The van der Waals surface area contributed by atoms with Crippen molar-refractivity contribution in [3.05, 3.63) is 65.2 Å². The molecule has 7 heteroatoms. The van der Waals surface area contributed by atoms with Crippen LogP contribution < -0.4 is 10.2 Å². The minimum Gasteiger partial charge on any atom is -0.343 e. The number of carbonyl (C=O) groups is 4. The molecule has 0 spiro atoms. The summed E-state index contributed by atoms with van der Waals surface area (Å²) in [6.07, 6.45) is 0.775. The van der Waals surface area contributed by atoms with Gasteiger partial charge in [0, 0.05) is 12.2 Å². The Balaban J connectivity index is 1.40. The summed E-state index contributed by atoms with van der Waals surface area (Å²) in [5.74, 6) is -1.77. The zero-order valence-electron chi connectivity index (χ0n) is 15.3. The Labute approximate surface area is 161 Å². The number of nitrogens with one attached hydrogen (secondary N) is 1. The smallest absolute Gasteiger partial charge is 0.262 e. The van der Waals surface area contributed by atoms with E-state index in [0.717, 1.165) is 22.6 Å². The minimum atomic E-state index is -0.770. The highest BCUT2D eigenvalue weighted by Crippen LogP contribution is 2.28. The average molecular weight is 377 g/mol. The summed E-state index contributed by atoms with van der Waals surface area (Å²) in [4.78, 5) is 52.4. The molecule has 1 atom stereocenters. The normalized spacial score (nSPS) is 16.0. The van der Waals surface area contributed by atoms with Crippen molar-refractivity contribution in [2.24, 2.45) is 0 Å². The van der Waals surface area contributed by atoms with Crippen LogP contribution >= 0.6 is 0 Å². The predicted molar refractivity (Wildman–Crippen MR) is 102 cm³/mol. The SMILES string of the molecule is C[C@@H](NC(=O)CN1C(=O)c2ccccc2C1=O)C(=O)N1CCc2ccccc21. The number of hydrogen-bond donors (Lipinski definition) is 1. The number of amides is 4. The van der Waals surface area contributed by atoms with E-state index in [0.29, 0.717) is 6.54 Å². The van der Waals surface area contributed by atoms with Crippen molar-refractivity contribution >= 4 is 29.3 Å². The van der Waals surface area contributed by atoms with Gasteiger partial charge in [0.2, 0.25) is 11.8 Å². The minimum absolute atomic E-state index is 0.222. The number of para-hydroxylation sites is 1. The summed E-state index contributed by atoms with van der Waals surface area (Å²) >= 11 is 0. The molecule has 2 aliphatic rings. The number of fused-ring (bicyclic) bond motifs is 2. The number of benzene rings is 2. The van der Waals surface area contributed by atoms with E-state index < -0.39 is 30.3 Å². The Morgan fingerprint density at radius 2 is 1.61 bits per heavy atom. The Hall–Kier alpha value is -3.48. The lowest BCUT2D eigenvalue weighted by molar-refractivity contribution is -0.127. The number of imide groups is 1. The van der Waals surface area contributed by atoms with Gasteiger partial charge in [-0.25, -0.2) is 0 Å². The van der Waals surface area contributed by atoms with E-state index in [1.807, 2.05) is 24.3 Å². The first-order valence-electron chi connectivity index (χ1n) is 9.11. The molecule has 0 saturated carbocycles. The van der Waals surface area contributed by atoms with Crippen molar-refractivity contribution in [2.75, 3.05) is 18.0 Å². The van der Waals surface area contributed by atoms with Gasteiger partial charge >= 0.3 is 0 Å². The Morgan fingerprint density at radius 3 is 2.29 bits per heavy atom. The second-order valence-electron chi connectivity index (χ2n) is 6.90. The van der Waals surface area contributed by atoms with Gasteiger partial charge in [-0.05, 0) is 37.1 Å². The highest BCUT2D eigenvalue weighted by molar-refractivity contribution is 6.22. The molecule has 2 aromatic rings. The Kier molecular flexibility index (Phi) is 4.43. The second kappa shape index (κ2) is 6.92. The maximum absolute atomic E-state index is 12.8. The molecule has 0 saturated heterocycles. The fourth-order valence-corrected chi connectivity index (χ4v) is 3.68. The van der Waals surface area contributed by atoms with Crippen LogP contribution in [-0.4, -0.2) is 47.7 Å². The molecule has 0 aromatic heterocycles. The van der Waals surface area contributed by atoms with E-state index in [-0.39, 0.29) is 17.0 Å². The first-order valence-corrected chi connectivity index (χ1v) is 9.11. The summed E-state index contributed by atoms with van der Waals surface area (Å²) in [7, 11) is 0. The predicted octanol–water partition coefficient (Wildman–Crippen LogP) is 1.38. The lowest BCUT2D eigenvalue weighted by Crippen LogP contribution is -2.49. The van der Waals surface area contributed by atoms with E-state index in [4.69, 9.17) is 0 Å². The summed E-state index contributed by atoms with van der Waals surface area (Å²) < 4.78 is 0. The molecule has 0 bridgehead atoms. The van der Waals surface area contributed by atoms with Crippen molar-refractivity contribution in [1.82, 2.24) is 10.2 Å². The fourth-order valence-electron chi connectivity index (χ4n) is 3.68. The molecule has 2 aliphatic heterocycles. The molecule has 2 heterocycles. The van der Waals surface area contributed by atoms with Gasteiger partial charge in [0.15, 0.2) is 0 Å². The number of rotatable bonds is 4. The zero-order valence-corrected chi connectivity index (χ0v) is 15.3. The van der Waals surface area contributed by atoms with Gasteiger partial charge in [0.1, 0.15) is 12.6 Å². The van der Waals surface area contributed by atoms with Crippen LogP contribution in [-0.2, 0) is 16.0 Å². The van der Waals surface area contributed by atoms with Gasteiger partial charge in [-0.3, -0.25) is 24.1 Å². The van der Waals surface area contributed by atoms with Gasteiger partial charge < -0.3 is 10.2 Å². The molecule has 4 amide bonds. The topological polar surface area (TPSA) is 86.8 Å². The third kappa shape index (κ3) is 2.94. The summed E-state index contributed by atoms with van der Waals surface area (Å²) in [5, 5.41) is 2.61. The van der Waals surface area contributed by atoms with E-state index in [1.165, 1.54) is 0 Å². The number of nitrogens with zero attached hydrogens (tertiary/aromatic N) is 2. The zero-order chi connectivity index (χ0) is 19.8. The first kappa shape index (κ1) is 17.9. The number of anilines is 1. The molecule has 2 aromatic carbocycles. The van der Waals surface area contributed by atoms with Gasteiger partial charge in [-0.15, -0.1) is 0 Å².